The number of aryl methyl sites for hydroxylation is 2. The van der Waals surface area contributed by atoms with E-state index in [1.807, 2.05) is 0 Å². The van der Waals surface area contributed by atoms with Gasteiger partial charge in [-0.15, -0.1) is 0 Å². The summed E-state index contributed by atoms with van der Waals surface area (Å²) in [6.07, 6.45) is 3.99. The lowest BCUT2D eigenvalue weighted by Gasteiger charge is -2.13. The summed E-state index contributed by atoms with van der Waals surface area (Å²) in [5.41, 5.74) is 2.78. The molecule has 0 spiro atoms. The van der Waals surface area contributed by atoms with E-state index < -0.39 is 0 Å². The van der Waals surface area contributed by atoms with Crippen LogP contribution in [0.25, 0.3) is 0 Å². The van der Waals surface area contributed by atoms with Crippen LogP contribution in [0.2, 0.25) is 0 Å². The summed E-state index contributed by atoms with van der Waals surface area (Å²) in [5.74, 6) is 0. The fourth-order valence-electron chi connectivity index (χ4n) is 2.34. The molecule has 1 aromatic rings. The normalized spacial score (nSPS) is 21.7. The maximum Gasteiger partial charge on any atom is 0.0239 e. The van der Waals surface area contributed by atoms with E-state index in [4.69, 9.17) is 0 Å². The van der Waals surface area contributed by atoms with Crippen molar-refractivity contribution in [2.75, 3.05) is 6.54 Å². The molecule has 1 aliphatic heterocycles. The Morgan fingerprint density at radius 2 is 2.07 bits per heavy atom. The molecular weight excluding hydrogens is 172 g/mol. The number of nitrogens with zero attached hydrogens (tertiary/aromatic N) is 1. The first-order valence-electron chi connectivity index (χ1n) is 5.63. The van der Waals surface area contributed by atoms with Crippen LogP contribution in [-0.4, -0.2) is 17.2 Å². The molecule has 2 nitrogen and oxygen atoms in total. The van der Waals surface area contributed by atoms with Crippen molar-refractivity contribution in [2.24, 2.45) is 0 Å². The zero-order valence-corrected chi connectivity index (χ0v) is 9.21. The highest BCUT2D eigenvalue weighted by atomic mass is 15.0. The molecule has 2 rings (SSSR count). The van der Waals surface area contributed by atoms with Crippen LogP contribution < -0.4 is 5.32 Å². The minimum Gasteiger partial charge on any atom is -0.349 e. The van der Waals surface area contributed by atoms with Crippen molar-refractivity contribution in [2.45, 2.75) is 45.7 Å². The van der Waals surface area contributed by atoms with Crippen LogP contribution in [0.1, 0.15) is 30.7 Å². The van der Waals surface area contributed by atoms with Gasteiger partial charge in [0.1, 0.15) is 0 Å². The predicted molar refractivity (Wildman–Crippen MR) is 59.5 cm³/mol. The molecule has 2 heteroatoms. The Balaban J connectivity index is 1.90. The van der Waals surface area contributed by atoms with Gasteiger partial charge in [-0.2, -0.15) is 0 Å². The molecule has 1 unspecified atom stereocenters. The van der Waals surface area contributed by atoms with Crippen LogP contribution in [0.15, 0.2) is 12.1 Å². The van der Waals surface area contributed by atoms with E-state index in [9.17, 15) is 0 Å². The molecule has 0 aromatic carbocycles. The summed E-state index contributed by atoms with van der Waals surface area (Å²) in [5, 5.41) is 3.54. The van der Waals surface area contributed by atoms with Crippen molar-refractivity contribution >= 4 is 0 Å². The lowest BCUT2D eigenvalue weighted by Crippen LogP contribution is -2.23. The third-order valence-electron chi connectivity index (χ3n) is 3.28. The number of hydrogen-bond donors (Lipinski definition) is 1. The standard InChI is InChI=1S/C12H20N2/c1-10-5-6-11(2)14(10)9-7-12-4-3-8-13-12/h5-6,12-13H,3-4,7-9H2,1-2H3. The molecule has 2 heterocycles. The zero-order chi connectivity index (χ0) is 9.97. The first-order valence-corrected chi connectivity index (χ1v) is 5.63. The first kappa shape index (κ1) is 9.78. The quantitative estimate of drug-likeness (QED) is 0.777. The van der Waals surface area contributed by atoms with E-state index in [1.54, 1.807) is 0 Å². The van der Waals surface area contributed by atoms with Crippen LogP contribution in [0, 0.1) is 13.8 Å². The Hall–Kier alpha value is -0.760. The minimum atomic E-state index is 0.760. The third-order valence-corrected chi connectivity index (χ3v) is 3.28. The van der Waals surface area contributed by atoms with Gasteiger partial charge in [0.25, 0.3) is 0 Å². The van der Waals surface area contributed by atoms with Gasteiger partial charge < -0.3 is 9.88 Å². The van der Waals surface area contributed by atoms with E-state index >= 15 is 0 Å². The fourth-order valence-corrected chi connectivity index (χ4v) is 2.34. The monoisotopic (exact) mass is 192 g/mol. The Morgan fingerprint density at radius 3 is 2.64 bits per heavy atom. The smallest absolute Gasteiger partial charge is 0.0239 e. The van der Waals surface area contributed by atoms with Gasteiger partial charge in [0.15, 0.2) is 0 Å². The van der Waals surface area contributed by atoms with Crippen LogP contribution in [-0.2, 0) is 6.54 Å². The van der Waals surface area contributed by atoms with Crippen molar-refractivity contribution < 1.29 is 0 Å². The van der Waals surface area contributed by atoms with Crippen molar-refractivity contribution in [1.82, 2.24) is 9.88 Å². The van der Waals surface area contributed by atoms with Crippen LogP contribution in [0.5, 0.6) is 0 Å². The van der Waals surface area contributed by atoms with Crippen LogP contribution in [0.4, 0.5) is 0 Å². The molecule has 78 valence electrons. The second-order valence-corrected chi connectivity index (χ2v) is 4.35. The molecule has 1 aromatic heterocycles. The zero-order valence-electron chi connectivity index (χ0n) is 9.21. The molecule has 1 aliphatic rings. The van der Waals surface area contributed by atoms with Gasteiger partial charge in [0.05, 0.1) is 0 Å². The molecule has 0 saturated carbocycles. The number of rotatable bonds is 3. The van der Waals surface area contributed by atoms with Crippen molar-refractivity contribution in [3.63, 3.8) is 0 Å². The van der Waals surface area contributed by atoms with Gasteiger partial charge in [-0.1, -0.05) is 0 Å². The van der Waals surface area contributed by atoms with Gasteiger partial charge in [0, 0.05) is 24.0 Å². The maximum absolute atomic E-state index is 3.54. The summed E-state index contributed by atoms with van der Waals surface area (Å²) < 4.78 is 2.42. The van der Waals surface area contributed by atoms with E-state index in [0.717, 1.165) is 6.04 Å². The summed E-state index contributed by atoms with van der Waals surface area (Å²) in [4.78, 5) is 0. The lowest BCUT2D eigenvalue weighted by molar-refractivity contribution is 0.497. The third kappa shape index (κ3) is 2.01. The van der Waals surface area contributed by atoms with Gasteiger partial charge in [-0.3, -0.25) is 0 Å². The summed E-state index contributed by atoms with van der Waals surface area (Å²) in [6.45, 7) is 6.76. The molecule has 0 amide bonds. The Labute approximate surface area is 86.3 Å². The fraction of sp³-hybridized carbons (Fsp3) is 0.667. The molecule has 1 saturated heterocycles. The van der Waals surface area contributed by atoms with Gasteiger partial charge in [-0.05, 0) is 51.8 Å². The Morgan fingerprint density at radius 1 is 1.36 bits per heavy atom. The van der Waals surface area contributed by atoms with Gasteiger partial charge >= 0.3 is 0 Å². The SMILES string of the molecule is Cc1ccc(C)n1CCC1CCCN1. The molecular formula is C12H20N2. The first-order chi connectivity index (χ1) is 6.77. The molecule has 0 aliphatic carbocycles. The summed E-state index contributed by atoms with van der Waals surface area (Å²) in [6, 6.07) is 5.17. The number of nitrogens with one attached hydrogen (secondary N) is 1. The molecule has 1 fully saturated rings. The van der Waals surface area contributed by atoms with E-state index in [1.165, 1.54) is 43.7 Å². The van der Waals surface area contributed by atoms with Crippen LogP contribution >= 0.6 is 0 Å². The van der Waals surface area contributed by atoms with Crippen molar-refractivity contribution in [1.29, 1.82) is 0 Å². The van der Waals surface area contributed by atoms with Crippen molar-refractivity contribution in [3.05, 3.63) is 23.5 Å². The van der Waals surface area contributed by atoms with E-state index in [-0.39, 0.29) is 0 Å². The summed E-state index contributed by atoms with van der Waals surface area (Å²) in [7, 11) is 0. The molecule has 0 radical (unpaired) electrons. The molecule has 1 N–H and O–H groups in total. The molecule has 0 bridgehead atoms. The van der Waals surface area contributed by atoms with E-state index in [0.29, 0.717) is 0 Å². The summed E-state index contributed by atoms with van der Waals surface area (Å²) >= 11 is 0. The second-order valence-electron chi connectivity index (χ2n) is 4.35. The topological polar surface area (TPSA) is 17.0 Å². The lowest BCUT2D eigenvalue weighted by atomic mass is 10.1. The average molecular weight is 192 g/mol. The highest BCUT2D eigenvalue weighted by molar-refractivity contribution is 5.13. The van der Waals surface area contributed by atoms with Crippen LogP contribution in [0.3, 0.4) is 0 Å². The van der Waals surface area contributed by atoms with Crippen molar-refractivity contribution in [3.8, 4) is 0 Å². The number of hydrogen-bond acceptors (Lipinski definition) is 1. The highest BCUT2D eigenvalue weighted by Crippen LogP contribution is 2.13. The maximum atomic E-state index is 3.54. The largest absolute Gasteiger partial charge is 0.349 e. The molecule has 14 heavy (non-hydrogen) atoms. The average Bonchev–Trinajstić information content (AvgIpc) is 2.76. The minimum absolute atomic E-state index is 0.760. The number of aromatic nitrogens is 1. The van der Waals surface area contributed by atoms with E-state index in [2.05, 4.69) is 35.9 Å². The second kappa shape index (κ2) is 4.18. The highest BCUT2D eigenvalue weighted by Gasteiger charge is 2.13. The molecule has 1 atom stereocenters. The van der Waals surface area contributed by atoms with Gasteiger partial charge in [0.2, 0.25) is 0 Å². The Bertz CT molecular complexity index is 276. The Kier molecular flexibility index (Phi) is 2.92. The predicted octanol–water partition coefficient (Wildman–Crippen LogP) is 2.25. The van der Waals surface area contributed by atoms with Gasteiger partial charge in [-0.25, -0.2) is 0 Å².